The van der Waals surface area contributed by atoms with Crippen LogP contribution in [0.4, 0.5) is 0 Å². The van der Waals surface area contributed by atoms with Crippen LogP contribution in [0, 0.1) is 0 Å². The zero-order valence-electron chi connectivity index (χ0n) is 8.97. The second kappa shape index (κ2) is 7.46. The largest absolute Gasteiger partial charge is 0.379 e. The molecule has 14 heavy (non-hydrogen) atoms. The maximum absolute atomic E-state index is 5.79. The molecule has 3 nitrogen and oxygen atoms in total. The Bertz CT molecular complexity index is 136. The summed E-state index contributed by atoms with van der Waals surface area (Å²) in [5.74, 6) is 0.708. The van der Waals surface area contributed by atoms with E-state index in [1.807, 2.05) is 0 Å². The van der Waals surface area contributed by atoms with E-state index in [0.717, 1.165) is 45.8 Å². The van der Waals surface area contributed by atoms with Gasteiger partial charge in [0.2, 0.25) is 0 Å². The zero-order chi connectivity index (χ0) is 10.2. The highest BCUT2D eigenvalue weighted by Crippen LogP contribution is 1.97. The van der Waals surface area contributed by atoms with E-state index in [-0.39, 0.29) is 0 Å². The molecule has 0 radical (unpaired) electrons. The number of morpholine rings is 1. The summed E-state index contributed by atoms with van der Waals surface area (Å²) in [6, 6.07) is 0.470. The fourth-order valence-corrected chi connectivity index (χ4v) is 1.89. The summed E-state index contributed by atoms with van der Waals surface area (Å²) < 4.78 is 5.29. The topological polar surface area (TPSA) is 24.5 Å². The first-order valence-corrected chi connectivity index (χ1v) is 5.99. The van der Waals surface area contributed by atoms with Crippen molar-refractivity contribution in [1.82, 2.24) is 10.2 Å². The molecule has 1 N–H and O–H groups in total. The lowest BCUT2D eigenvalue weighted by Crippen LogP contribution is -2.42. The molecule has 1 unspecified atom stereocenters. The van der Waals surface area contributed by atoms with Crippen LogP contribution >= 0.6 is 11.6 Å². The van der Waals surface area contributed by atoms with Gasteiger partial charge in [-0.05, 0) is 6.42 Å². The molecule has 1 rings (SSSR count). The normalized spacial score (nSPS) is 21.0. The summed E-state index contributed by atoms with van der Waals surface area (Å²) in [6.07, 6.45) is 1.10. The van der Waals surface area contributed by atoms with Gasteiger partial charge in [0.05, 0.1) is 13.2 Å². The number of nitrogens with one attached hydrogen (secondary N) is 1. The van der Waals surface area contributed by atoms with Gasteiger partial charge in [0.1, 0.15) is 0 Å². The van der Waals surface area contributed by atoms with E-state index in [9.17, 15) is 0 Å². The fourth-order valence-electron chi connectivity index (χ4n) is 1.56. The van der Waals surface area contributed by atoms with E-state index in [1.54, 1.807) is 0 Å². The van der Waals surface area contributed by atoms with Gasteiger partial charge in [0.25, 0.3) is 0 Å². The van der Waals surface area contributed by atoms with Gasteiger partial charge >= 0.3 is 0 Å². The number of halogens is 1. The Kier molecular flexibility index (Phi) is 6.52. The van der Waals surface area contributed by atoms with Crippen LogP contribution in [0.1, 0.15) is 13.3 Å². The minimum Gasteiger partial charge on any atom is -0.379 e. The zero-order valence-corrected chi connectivity index (χ0v) is 9.72. The van der Waals surface area contributed by atoms with Crippen LogP contribution in [0.5, 0.6) is 0 Å². The van der Waals surface area contributed by atoms with Crippen molar-refractivity contribution in [2.75, 3.05) is 45.3 Å². The van der Waals surface area contributed by atoms with Crippen molar-refractivity contribution >= 4 is 11.6 Å². The number of hydrogen-bond donors (Lipinski definition) is 1. The summed E-state index contributed by atoms with van der Waals surface area (Å²) in [5, 5.41) is 3.45. The molecule has 1 aliphatic rings. The van der Waals surface area contributed by atoms with Gasteiger partial charge in [-0.1, -0.05) is 6.92 Å². The maximum Gasteiger partial charge on any atom is 0.0594 e. The lowest BCUT2D eigenvalue weighted by atomic mass is 10.2. The summed E-state index contributed by atoms with van der Waals surface area (Å²) in [5.41, 5.74) is 0. The van der Waals surface area contributed by atoms with Crippen LogP contribution in [-0.2, 0) is 4.74 Å². The molecule has 0 amide bonds. The lowest BCUT2D eigenvalue weighted by Gasteiger charge is -2.27. The Morgan fingerprint density at radius 2 is 2.14 bits per heavy atom. The van der Waals surface area contributed by atoms with Gasteiger partial charge in [-0.15, -0.1) is 11.6 Å². The van der Waals surface area contributed by atoms with Crippen molar-refractivity contribution in [3.05, 3.63) is 0 Å². The molecule has 1 atom stereocenters. The molecular weight excluding hydrogens is 200 g/mol. The smallest absolute Gasteiger partial charge is 0.0594 e. The highest BCUT2D eigenvalue weighted by Gasteiger charge is 2.10. The highest BCUT2D eigenvalue weighted by molar-refractivity contribution is 6.18. The SMILES string of the molecule is CCC(CCl)NCCN1CCOCC1. The molecule has 0 aromatic heterocycles. The molecule has 1 heterocycles. The van der Waals surface area contributed by atoms with Crippen molar-refractivity contribution in [1.29, 1.82) is 0 Å². The van der Waals surface area contributed by atoms with Crippen LogP contribution < -0.4 is 5.32 Å². The number of rotatable bonds is 6. The number of hydrogen-bond acceptors (Lipinski definition) is 3. The van der Waals surface area contributed by atoms with Gasteiger partial charge in [0.15, 0.2) is 0 Å². The molecule has 0 aliphatic carbocycles. The van der Waals surface area contributed by atoms with E-state index in [1.165, 1.54) is 0 Å². The van der Waals surface area contributed by atoms with Gasteiger partial charge < -0.3 is 10.1 Å². The van der Waals surface area contributed by atoms with Crippen LogP contribution in [-0.4, -0.2) is 56.2 Å². The first-order valence-electron chi connectivity index (χ1n) is 5.46. The summed E-state index contributed by atoms with van der Waals surface area (Å²) >= 11 is 5.79. The highest BCUT2D eigenvalue weighted by atomic mass is 35.5. The molecule has 1 aliphatic heterocycles. The summed E-state index contributed by atoms with van der Waals surface area (Å²) in [7, 11) is 0. The molecule has 1 saturated heterocycles. The third-order valence-electron chi connectivity index (χ3n) is 2.64. The van der Waals surface area contributed by atoms with Crippen molar-refractivity contribution in [2.24, 2.45) is 0 Å². The Labute approximate surface area is 91.7 Å². The molecular formula is C10H21ClN2O. The van der Waals surface area contributed by atoms with Crippen LogP contribution in [0.15, 0.2) is 0 Å². The Balaban J connectivity index is 2.01. The fraction of sp³-hybridized carbons (Fsp3) is 1.00. The minimum atomic E-state index is 0.470. The predicted octanol–water partition coefficient (Wildman–Crippen LogP) is 0.926. The molecule has 84 valence electrons. The van der Waals surface area contributed by atoms with Crippen LogP contribution in [0.3, 0.4) is 0 Å². The van der Waals surface area contributed by atoms with Crippen molar-refractivity contribution in [2.45, 2.75) is 19.4 Å². The van der Waals surface area contributed by atoms with Gasteiger partial charge in [0, 0.05) is 38.1 Å². The molecule has 0 spiro atoms. The number of ether oxygens (including phenoxy) is 1. The van der Waals surface area contributed by atoms with Crippen molar-refractivity contribution in [3.63, 3.8) is 0 Å². The van der Waals surface area contributed by atoms with E-state index in [2.05, 4.69) is 17.1 Å². The lowest BCUT2D eigenvalue weighted by molar-refractivity contribution is 0.0382. The Morgan fingerprint density at radius 3 is 2.71 bits per heavy atom. The number of nitrogens with zero attached hydrogens (tertiary/aromatic N) is 1. The molecule has 1 fully saturated rings. The van der Waals surface area contributed by atoms with Gasteiger partial charge in [-0.2, -0.15) is 0 Å². The second-order valence-corrected chi connectivity index (χ2v) is 3.98. The van der Waals surface area contributed by atoms with E-state index < -0.39 is 0 Å². The summed E-state index contributed by atoms with van der Waals surface area (Å²) in [4.78, 5) is 2.43. The van der Waals surface area contributed by atoms with Crippen LogP contribution in [0.2, 0.25) is 0 Å². The summed E-state index contributed by atoms with van der Waals surface area (Å²) in [6.45, 7) is 8.20. The minimum absolute atomic E-state index is 0.470. The predicted molar refractivity (Wildman–Crippen MR) is 60.1 cm³/mol. The Hall–Kier alpha value is 0.170. The van der Waals surface area contributed by atoms with Crippen molar-refractivity contribution in [3.8, 4) is 0 Å². The average molecular weight is 221 g/mol. The standard InChI is InChI=1S/C10H21ClN2O/c1-2-10(9-11)12-3-4-13-5-7-14-8-6-13/h10,12H,2-9H2,1H3. The van der Waals surface area contributed by atoms with E-state index in [4.69, 9.17) is 16.3 Å². The van der Waals surface area contributed by atoms with E-state index in [0.29, 0.717) is 11.9 Å². The second-order valence-electron chi connectivity index (χ2n) is 3.67. The third-order valence-corrected chi connectivity index (χ3v) is 3.02. The quantitative estimate of drug-likeness (QED) is 0.674. The monoisotopic (exact) mass is 220 g/mol. The third kappa shape index (κ3) is 4.60. The average Bonchev–Trinajstić information content (AvgIpc) is 2.26. The Morgan fingerprint density at radius 1 is 1.43 bits per heavy atom. The van der Waals surface area contributed by atoms with Crippen molar-refractivity contribution < 1.29 is 4.74 Å². The van der Waals surface area contributed by atoms with E-state index >= 15 is 0 Å². The first kappa shape index (κ1) is 12.2. The van der Waals surface area contributed by atoms with Gasteiger partial charge in [-0.3, -0.25) is 4.90 Å². The first-order chi connectivity index (χ1) is 6.86. The van der Waals surface area contributed by atoms with Crippen LogP contribution in [0.25, 0.3) is 0 Å². The molecule has 0 aromatic carbocycles. The van der Waals surface area contributed by atoms with Gasteiger partial charge in [-0.25, -0.2) is 0 Å². The molecule has 0 aromatic rings. The molecule has 4 heteroatoms. The molecule has 0 bridgehead atoms. The maximum atomic E-state index is 5.79. The number of alkyl halides is 1. The molecule has 0 saturated carbocycles.